The Morgan fingerprint density at radius 1 is 1.21 bits per heavy atom. The van der Waals surface area contributed by atoms with Crippen LogP contribution < -0.4 is 5.32 Å². The van der Waals surface area contributed by atoms with Gasteiger partial charge in [-0.05, 0) is 11.6 Å². The summed E-state index contributed by atoms with van der Waals surface area (Å²) in [5.74, 6) is -1.14. The molecule has 72 valence electrons. The lowest BCUT2D eigenvalue weighted by molar-refractivity contribution is -0.134. The van der Waals surface area contributed by atoms with Crippen molar-refractivity contribution in [1.29, 1.82) is 0 Å². The summed E-state index contributed by atoms with van der Waals surface area (Å²) >= 11 is 0. The maximum Gasteiger partial charge on any atom is 0.291 e. The van der Waals surface area contributed by atoms with Crippen LogP contribution in [-0.2, 0) is 9.59 Å². The van der Waals surface area contributed by atoms with Gasteiger partial charge in [-0.25, -0.2) is 0 Å². The van der Waals surface area contributed by atoms with E-state index in [-0.39, 0.29) is 0 Å². The molecule has 14 heavy (non-hydrogen) atoms. The Kier molecular flexibility index (Phi) is 3.61. The van der Waals surface area contributed by atoms with Crippen molar-refractivity contribution in [2.24, 2.45) is 0 Å². The van der Waals surface area contributed by atoms with Gasteiger partial charge in [0.2, 0.25) is 5.78 Å². The van der Waals surface area contributed by atoms with E-state index in [0.29, 0.717) is 0 Å². The highest BCUT2D eigenvalue weighted by molar-refractivity contribution is 6.41. The summed E-state index contributed by atoms with van der Waals surface area (Å²) < 4.78 is 0. The monoisotopic (exact) mass is 189 g/mol. The third-order valence-electron chi connectivity index (χ3n) is 1.68. The van der Waals surface area contributed by atoms with E-state index in [1.165, 1.54) is 13.1 Å². The molecule has 1 rings (SSSR count). The number of benzene rings is 1. The van der Waals surface area contributed by atoms with Gasteiger partial charge >= 0.3 is 0 Å². The number of ketones is 1. The van der Waals surface area contributed by atoms with Gasteiger partial charge in [0.05, 0.1) is 0 Å². The fourth-order valence-corrected chi connectivity index (χ4v) is 0.935. The van der Waals surface area contributed by atoms with Gasteiger partial charge in [-0.1, -0.05) is 36.4 Å². The zero-order valence-corrected chi connectivity index (χ0v) is 7.86. The summed E-state index contributed by atoms with van der Waals surface area (Å²) in [5, 5.41) is 2.26. The Hall–Kier alpha value is -1.90. The number of amides is 1. The van der Waals surface area contributed by atoms with E-state index >= 15 is 0 Å². The Balaban J connectivity index is 2.65. The molecule has 1 amide bonds. The first-order chi connectivity index (χ1) is 6.74. The Morgan fingerprint density at radius 2 is 1.86 bits per heavy atom. The SMILES string of the molecule is CNC(=O)C(=O)C=Cc1ccccc1. The minimum Gasteiger partial charge on any atom is -0.352 e. The van der Waals surface area contributed by atoms with Crippen LogP contribution >= 0.6 is 0 Å². The quantitative estimate of drug-likeness (QED) is 0.570. The molecule has 0 aliphatic heterocycles. The van der Waals surface area contributed by atoms with Crippen LogP contribution in [0.2, 0.25) is 0 Å². The molecule has 0 saturated heterocycles. The van der Waals surface area contributed by atoms with Gasteiger partial charge in [0.25, 0.3) is 5.91 Å². The summed E-state index contributed by atoms with van der Waals surface area (Å²) in [6.45, 7) is 0. The molecule has 0 radical (unpaired) electrons. The zero-order valence-electron chi connectivity index (χ0n) is 7.86. The van der Waals surface area contributed by atoms with Gasteiger partial charge in [-0.2, -0.15) is 0 Å². The molecule has 0 spiro atoms. The highest BCUT2D eigenvalue weighted by Gasteiger charge is 2.05. The average molecular weight is 189 g/mol. The van der Waals surface area contributed by atoms with Crippen molar-refractivity contribution in [2.75, 3.05) is 7.05 Å². The maximum absolute atomic E-state index is 11.0. The summed E-state index contributed by atoms with van der Waals surface area (Å²) in [6, 6.07) is 9.33. The third-order valence-corrected chi connectivity index (χ3v) is 1.68. The predicted molar refractivity (Wildman–Crippen MR) is 54.5 cm³/mol. The van der Waals surface area contributed by atoms with Crippen molar-refractivity contribution >= 4 is 17.8 Å². The van der Waals surface area contributed by atoms with Crippen molar-refractivity contribution in [3.05, 3.63) is 42.0 Å². The largest absolute Gasteiger partial charge is 0.352 e. The Bertz CT molecular complexity index is 355. The van der Waals surface area contributed by atoms with Crippen LogP contribution in [0.1, 0.15) is 5.56 Å². The second kappa shape index (κ2) is 4.97. The van der Waals surface area contributed by atoms with Crippen molar-refractivity contribution in [3.8, 4) is 0 Å². The normalized spacial score (nSPS) is 10.1. The number of hydrogen-bond donors (Lipinski definition) is 1. The first-order valence-electron chi connectivity index (χ1n) is 4.23. The smallest absolute Gasteiger partial charge is 0.291 e. The van der Waals surface area contributed by atoms with E-state index in [2.05, 4.69) is 5.32 Å². The van der Waals surface area contributed by atoms with Crippen LogP contribution in [0.4, 0.5) is 0 Å². The molecule has 0 aliphatic carbocycles. The zero-order chi connectivity index (χ0) is 10.4. The van der Waals surface area contributed by atoms with Crippen molar-refractivity contribution in [3.63, 3.8) is 0 Å². The molecule has 0 unspecified atom stereocenters. The summed E-state index contributed by atoms with van der Waals surface area (Å²) in [6.07, 6.45) is 2.87. The number of likely N-dealkylation sites (N-methyl/N-ethyl adjacent to an activating group) is 1. The molecule has 0 aliphatic rings. The van der Waals surface area contributed by atoms with E-state index in [9.17, 15) is 9.59 Å². The average Bonchev–Trinajstić information content (AvgIpc) is 2.26. The molecule has 0 saturated carbocycles. The molecule has 1 aromatic carbocycles. The summed E-state index contributed by atoms with van der Waals surface area (Å²) in [4.78, 5) is 21.9. The molecule has 1 N–H and O–H groups in total. The fraction of sp³-hybridized carbons (Fsp3) is 0.0909. The number of carbonyl (C=O) groups is 2. The second-order valence-corrected chi connectivity index (χ2v) is 2.69. The lowest BCUT2D eigenvalue weighted by Gasteiger charge is -1.92. The topological polar surface area (TPSA) is 46.2 Å². The number of hydrogen-bond acceptors (Lipinski definition) is 2. The number of rotatable bonds is 3. The fourth-order valence-electron chi connectivity index (χ4n) is 0.935. The molecule has 3 nitrogen and oxygen atoms in total. The molecule has 0 fully saturated rings. The van der Waals surface area contributed by atoms with Gasteiger partial charge in [-0.15, -0.1) is 0 Å². The molecule has 1 aromatic rings. The van der Waals surface area contributed by atoms with E-state index in [0.717, 1.165) is 5.56 Å². The van der Waals surface area contributed by atoms with E-state index in [1.54, 1.807) is 6.08 Å². The molecule has 0 atom stereocenters. The third kappa shape index (κ3) is 2.86. The van der Waals surface area contributed by atoms with Crippen LogP contribution in [0.5, 0.6) is 0 Å². The van der Waals surface area contributed by atoms with Crippen LogP contribution in [0, 0.1) is 0 Å². The number of carbonyl (C=O) groups excluding carboxylic acids is 2. The first kappa shape index (κ1) is 10.2. The summed E-state index contributed by atoms with van der Waals surface area (Å²) in [7, 11) is 1.43. The first-order valence-corrected chi connectivity index (χ1v) is 4.23. The molecule has 0 aromatic heterocycles. The van der Waals surface area contributed by atoms with Gasteiger partial charge in [0.1, 0.15) is 0 Å². The lowest BCUT2D eigenvalue weighted by atomic mass is 10.2. The van der Waals surface area contributed by atoms with E-state index in [4.69, 9.17) is 0 Å². The minimum absolute atomic E-state index is 0.545. The Morgan fingerprint density at radius 3 is 2.43 bits per heavy atom. The van der Waals surface area contributed by atoms with Crippen molar-refractivity contribution in [1.82, 2.24) is 5.32 Å². The second-order valence-electron chi connectivity index (χ2n) is 2.69. The number of nitrogens with one attached hydrogen (secondary N) is 1. The maximum atomic E-state index is 11.0. The molecular formula is C11H11NO2. The highest BCUT2D eigenvalue weighted by atomic mass is 16.2. The van der Waals surface area contributed by atoms with Crippen LogP contribution in [-0.4, -0.2) is 18.7 Å². The van der Waals surface area contributed by atoms with E-state index < -0.39 is 11.7 Å². The summed E-state index contributed by atoms with van der Waals surface area (Å²) in [5.41, 5.74) is 0.893. The minimum atomic E-state index is -0.600. The molecule has 0 heterocycles. The van der Waals surface area contributed by atoms with Crippen LogP contribution in [0.15, 0.2) is 36.4 Å². The van der Waals surface area contributed by atoms with Gasteiger partial charge in [0, 0.05) is 7.05 Å². The van der Waals surface area contributed by atoms with Gasteiger partial charge in [-0.3, -0.25) is 9.59 Å². The Labute approximate surface area is 82.4 Å². The standard InChI is InChI=1S/C11H11NO2/c1-12-11(14)10(13)8-7-9-5-3-2-4-6-9/h2-8H,1H3,(H,12,14). The predicted octanol–water partition coefficient (Wildman–Crippen LogP) is 1.01. The molecule has 0 bridgehead atoms. The van der Waals surface area contributed by atoms with Crippen LogP contribution in [0.3, 0.4) is 0 Å². The van der Waals surface area contributed by atoms with E-state index in [1.807, 2.05) is 30.3 Å². The van der Waals surface area contributed by atoms with Gasteiger partial charge in [0.15, 0.2) is 0 Å². The van der Waals surface area contributed by atoms with Crippen molar-refractivity contribution < 1.29 is 9.59 Å². The highest BCUT2D eigenvalue weighted by Crippen LogP contribution is 2.00. The van der Waals surface area contributed by atoms with Crippen molar-refractivity contribution in [2.45, 2.75) is 0 Å². The van der Waals surface area contributed by atoms with Crippen LogP contribution in [0.25, 0.3) is 6.08 Å². The molecular weight excluding hydrogens is 178 g/mol. The van der Waals surface area contributed by atoms with Gasteiger partial charge < -0.3 is 5.32 Å². The lowest BCUT2D eigenvalue weighted by Crippen LogP contribution is -2.25. The molecule has 3 heteroatoms.